The standard InChI is InChI=1S/C7H14N2S/c8-4-1-3-7-9-5-2-6-10-7/h1-6,8H2. The van der Waals surface area contributed by atoms with Crippen molar-refractivity contribution in [3.05, 3.63) is 0 Å². The van der Waals surface area contributed by atoms with Crippen LogP contribution in [0.5, 0.6) is 0 Å². The zero-order valence-electron chi connectivity index (χ0n) is 6.18. The van der Waals surface area contributed by atoms with E-state index in [4.69, 9.17) is 5.73 Å². The van der Waals surface area contributed by atoms with Crippen molar-refractivity contribution < 1.29 is 0 Å². The van der Waals surface area contributed by atoms with Crippen LogP contribution in [0.25, 0.3) is 0 Å². The summed E-state index contributed by atoms with van der Waals surface area (Å²) in [6.07, 6.45) is 3.43. The maximum atomic E-state index is 5.38. The van der Waals surface area contributed by atoms with E-state index in [1.54, 1.807) is 0 Å². The van der Waals surface area contributed by atoms with Crippen LogP contribution in [0.15, 0.2) is 4.99 Å². The topological polar surface area (TPSA) is 38.4 Å². The summed E-state index contributed by atoms with van der Waals surface area (Å²) in [6.45, 7) is 1.83. The summed E-state index contributed by atoms with van der Waals surface area (Å²) in [4.78, 5) is 4.39. The van der Waals surface area contributed by atoms with E-state index in [1.165, 1.54) is 17.2 Å². The quantitative estimate of drug-likeness (QED) is 0.671. The van der Waals surface area contributed by atoms with Gasteiger partial charge in [-0.05, 0) is 25.8 Å². The van der Waals surface area contributed by atoms with Crippen LogP contribution in [0.2, 0.25) is 0 Å². The summed E-state index contributed by atoms with van der Waals surface area (Å²) in [7, 11) is 0. The molecule has 0 aliphatic carbocycles. The molecule has 0 atom stereocenters. The first kappa shape index (κ1) is 8.08. The van der Waals surface area contributed by atoms with E-state index in [1.807, 2.05) is 11.8 Å². The summed E-state index contributed by atoms with van der Waals surface area (Å²) in [5.74, 6) is 1.25. The molecule has 0 saturated carbocycles. The van der Waals surface area contributed by atoms with E-state index in [2.05, 4.69) is 4.99 Å². The Balaban J connectivity index is 2.18. The molecule has 58 valence electrons. The lowest BCUT2D eigenvalue weighted by molar-refractivity contribution is 0.865. The van der Waals surface area contributed by atoms with Gasteiger partial charge in [0.05, 0.1) is 5.04 Å². The van der Waals surface area contributed by atoms with Crippen LogP contribution in [0.4, 0.5) is 0 Å². The molecule has 0 saturated heterocycles. The molecule has 1 aliphatic heterocycles. The minimum atomic E-state index is 0.791. The molecule has 0 spiro atoms. The molecular weight excluding hydrogens is 144 g/mol. The van der Waals surface area contributed by atoms with Crippen molar-refractivity contribution in [3.63, 3.8) is 0 Å². The molecule has 0 amide bonds. The van der Waals surface area contributed by atoms with Crippen LogP contribution in [-0.4, -0.2) is 23.9 Å². The third kappa shape index (κ3) is 2.71. The Morgan fingerprint density at radius 3 is 3.10 bits per heavy atom. The Morgan fingerprint density at radius 2 is 2.50 bits per heavy atom. The second kappa shape index (κ2) is 4.74. The number of hydrogen-bond acceptors (Lipinski definition) is 3. The van der Waals surface area contributed by atoms with Crippen molar-refractivity contribution in [2.75, 3.05) is 18.8 Å². The third-order valence-corrected chi connectivity index (χ3v) is 2.61. The fourth-order valence-electron chi connectivity index (χ4n) is 0.908. The van der Waals surface area contributed by atoms with Gasteiger partial charge in [-0.2, -0.15) is 0 Å². The highest BCUT2D eigenvalue weighted by molar-refractivity contribution is 8.13. The first-order valence-corrected chi connectivity index (χ1v) is 4.78. The summed E-state index contributed by atoms with van der Waals surface area (Å²) >= 11 is 1.90. The maximum absolute atomic E-state index is 5.38. The zero-order chi connectivity index (χ0) is 7.23. The van der Waals surface area contributed by atoms with E-state index in [9.17, 15) is 0 Å². The fraction of sp³-hybridized carbons (Fsp3) is 0.857. The van der Waals surface area contributed by atoms with Gasteiger partial charge >= 0.3 is 0 Å². The Bertz CT molecular complexity index is 123. The van der Waals surface area contributed by atoms with Crippen LogP contribution in [-0.2, 0) is 0 Å². The minimum absolute atomic E-state index is 0.791. The van der Waals surface area contributed by atoms with E-state index in [-0.39, 0.29) is 0 Å². The highest BCUT2D eigenvalue weighted by Gasteiger charge is 2.03. The van der Waals surface area contributed by atoms with Crippen molar-refractivity contribution in [1.29, 1.82) is 0 Å². The molecule has 0 bridgehead atoms. The van der Waals surface area contributed by atoms with Gasteiger partial charge in [0.1, 0.15) is 0 Å². The van der Waals surface area contributed by atoms with E-state index >= 15 is 0 Å². The summed E-state index contributed by atoms with van der Waals surface area (Å²) in [5, 5.41) is 1.32. The molecule has 0 unspecified atom stereocenters. The lowest BCUT2D eigenvalue weighted by Gasteiger charge is -2.09. The molecule has 2 nitrogen and oxygen atoms in total. The van der Waals surface area contributed by atoms with E-state index in [0.29, 0.717) is 0 Å². The molecule has 0 radical (unpaired) electrons. The smallest absolute Gasteiger partial charge is 0.0676 e. The predicted octanol–water partition coefficient (Wildman–Crippen LogP) is 1.26. The molecule has 0 fully saturated rings. The minimum Gasteiger partial charge on any atom is -0.330 e. The Morgan fingerprint density at radius 1 is 1.60 bits per heavy atom. The zero-order valence-corrected chi connectivity index (χ0v) is 6.99. The summed E-state index contributed by atoms with van der Waals surface area (Å²) < 4.78 is 0. The number of aliphatic imine (C=N–C) groups is 1. The highest BCUT2D eigenvalue weighted by atomic mass is 32.2. The Hall–Kier alpha value is -0.0200. The van der Waals surface area contributed by atoms with Crippen molar-refractivity contribution in [2.45, 2.75) is 19.3 Å². The van der Waals surface area contributed by atoms with Crippen molar-refractivity contribution in [2.24, 2.45) is 10.7 Å². The van der Waals surface area contributed by atoms with Crippen LogP contribution in [0.3, 0.4) is 0 Å². The fourth-order valence-corrected chi connectivity index (χ4v) is 1.89. The molecule has 3 heteroatoms. The van der Waals surface area contributed by atoms with Gasteiger partial charge < -0.3 is 5.73 Å². The number of thioether (sulfide) groups is 1. The second-order valence-corrected chi connectivity index (χ2v) is 3.54. The SMILES string of the molecule is NCCCC1=NCCCS1. The molecule has 1 aliphatic rings. The van der Waals surface area contributed by atoms with Crippen LogP contribution in [0, 0.1) is 0 Å². The van der Waals surface area contributed by atoms with Crippen LogP contribution < -0.4 is 5.73 Å². The monoisotopic (exact) mass is 158 g/mol. The van der Waals surface area contributed by atoms with Crippen LogP contribution >= 0.6 is 11.8 Å². The normalized spacial score (nSPS) is 18.7. The van der Waals surface area contributed by atoms with Gasteiger partial charge in [-0.1, -0.05) is 0 Å². The predicted molar refractivity (Wildman–Crippen MR) is 47.7 cm³/mol. The molecule has 10 heavy (non-hydrogen) atoms. The van der Waals surface area contributed by atoms with Gasteiger partial charge in [0, 0.05) is 12.3 Å². The van der Waals surface area contributed by atoms with Gasteiger partial charge in [-0.3, -0.25) is 4.99 Å². The van der Waals surface area contributed by atoms with Gasteiger partial charge in [-0.15, -0.1) is 11.8 Å². The molecule has 2 N–H and O–H groups in total. The summed E-state index contributed by atoms with van der Waals surface area (Å²) in [6, 6.07) is 0. The molecular formula is C7H14N2S. The van der Waals surface area contributed by atoms with Gasteiger partial charge in [0.25, 0.3) is 0 Å². The van der Waals surface area contributed by atoms with Crippen molar-refractivity contribution in [3.8, 4) is 0 Å². The third-order valence-electron chi connectivity index (χ3n) is 1.45. The lowest BCUT2D eigenvalue weighted by Crippen LogP contribution is -2.06. The molecule has 0 aromatic carbocycles. The maximum Gasteiger partial charge on any atom is 0.0676 e. The number of nitrogens with zero attached hydrogens (tertiary/aromatic N) is 1. The number of nitrogens with two attached hydrogens (primary N) is 1. The average Bonchev–Trinajstić information content (AvgIpc) is 2.03. The first-order valence-electron chi connectivity index (χ1n) is 3.79. The largest absolute Gasteiger partial charge is 0.330 e. The highest BCUT2D eigenvalue weighted by Crippen LogP contribution is 2.15. The van der Waals surface area contributed by atoms with E-state index in [0.717, 1.165) is 25.9 Å². The van der Waals surface area contributed by atoms with Crippen molar-refractivity contribution in [1.82, 2.24) is 0 Å². The molecule has 1 rings (SSSR count). The number of rotatable bonds is 3. The molecule has 1 heterocycles. The Kier molecular flexibility index (Phi) is 3.83. The number of hydrogen-bond donors (Lipinski definition) is 1. The Labute approximate surface area is 66.3 Å². The molecule has 0 aromatic heterocycles. The van der Waals surface area contributed by atoms with Gasteiger partial charge in [0.2, 0.25) is 0 Å². The second-order valence-electron chi connectivity index (χ2n) is 2.37. The van der Waals surface area contributed by atoms with Gasteiger partial charge in [-0.25, -0.2) is 0 Å². The van der Waals surface area contributed by atoms with E-state index < -0.39 is 0 Å². The van der Waals surface area contributed by atoms with Crippen molar-refractivity contribution >= 4 is 16.8 Å². The first-order chi connectivity index (χ1) is 4.93. The average molecular weight is 158 g/mol. The summed E-state index contributed by atoms with van der Waals surface area (Å²) in [5.41, 5.74) is 5.38. The lowest BCUT2D eigenvalue weighted by atomic mass is 10.3. The van der Waals surface area contributed by atoms with Gasteiger partial charge in [0.15, 0.2) is 0 Å². The van der Waals surface area contributed by atoms with Crippen LogP contribution in [0.1, 0.15) is 19.3 Å². The molecule has 0 aromatic rings.